The lowest BCUT2D eigenvalue weighted by Gasteiger charge is -2.12. The molecule has 6 heteroatoms. The van der Waals surface area contributed by atoms with E-state index in [9.17, 15) is 4.79 Å². The van der Waals surface area contributed by atoms with Crippen LogP contribution >= 0.6 is 0 Å². The molecule has 0 aromatic carbocycles. The number of hydrogen-bond donors (Lipinski definition) is 0. The van der Waals surface area contributed by atoms with E-state index >= 15 is 0 Å². The van der Waals surface area contributed by atoms with Crippen LogP contribution in [0.2, 0.25) is 0 Å². The van der Waals surface area contributed by atoms with Gasteiger partial charge in [-0.25, -0.2) is 14.6 Å². The van der Waals surface area contributed by atoms with Gasteiger partial charge in [-0.15, -0.1) is 0 Å². The summed E-state index contributed by atoms with van der Waals surface area (Å²) in [6, 6.07) is 3.42. The fourth-order valence-electron chi connectivity index (χ4n) is 1.36. The van der Waals surface area contributed by atoms with Crippen LogP contribution in [-0.4, -0.2) is 39.7 Å². The molecule has 0 N–H and O–H groups in total. The van der Waals surface area contributed by atoms with Gasteiger partial charge < -0.3 is 0 Å². The van der Waals surface area contributed by atoms with Crippen LogP contribution in [0.15, 0.2) is 18.3 Å². The van der Waals surface area contributed by atoms with Gasteiger partial charge in [-0.3, -0.25) is 9.63 Å². The first kappa shape index (κ1) is 10.6. The molecule has 0 aliphatic carbocycles. The first-order valence-corrected chi connectivity index (χ1v) is 4.77. The van der Waals surface area contributed by atoms with E-state index in [-0.39, 0.29) is 5.91 Å². The predicted octanol–water partition coefficient (Wildman–Crippen LogP) is 0.671. The third-order valence-electron chi connectivity index (χ3n) is 2.23. The van der Waals surface area contributed by atoms with Crippen molar-refractivity contribution in [2.24, 2.45) is 0 Å². The SMILES string of the molecule is CON(C)C(=O)c1ccn2nc(C)cc2n1. The number of carbonyl (C=O) groups is 1. The minimum Gasteiger partial charge on any atom is -0.274 e. The average Bonchev–Trinajstić information content (AvgIpc) is 2.65. The fraction of sp³-hybridized carbons (Fsp3) is 0.300. The van der Waals surface area contributed by atoms with Gasteiger partial charge in [0.25, 0.3) is 5.91 Å². The second-order valence-electron chi connectivity index (χ2n) is 3.39. The normalized spacial score (nSPS) is 10.7. The molecule has 2 aromatic heterocycles. The molecule has 0 spiro atoms. The number of hydrogen-bond acceptors (Lipinski definition) is 4. The van der Waals surface area contributed by atoms with Crippen molar-refractivity contribution in [3.05, 3.63) is 29.7 Å². The topological polar surface area (TPSA) is 59.7 Å². The maximum absolute atomic E-state index is 11.7. The van der Waals surface area contributed by atoms with E-state index in [1.165, 1.54) is 14.2 Å². The quantitative estimate of drug-likeness (QED) is 0.698. The molecule has 0 saturated heterocycles. The number of aromatic nitrogens is 3. The molecule has 6 nitrogen and oxygen atoms in total. The van der Waals surface area contributed by atoms with Gasteiger partial charge in [0.1, 0.15) is 5.69 Å². The Morgan fingerprint density at radius 2 is 2.31 bits per heavy atom. The van der Waals surface area contributed by atoms with Crippen LogP contribution in [-0.2, 0) is 4.84 Å². The maximum Gasteiger partial charge on any atom is 0.295 e. The highest BCUT2D eigenvalue weighted by atomic mass is 16.7. The van der Waals surface area contributed by atoms with Crippen LogP contribution in [0.1, 0.15) is 16.2 Å². The van der Waals surface area contributed by atoms with Crippen molar-refractivity contribution in [3.8, 4) is 0 Å². The molecule has 1 amide bonds. The number of carbonyl (C=O) groups excluding carboxylic acids is 1. The summed E-state index contributed by atoms with van der Waals surface area (Å²) in [5.41, 5.74) is 1.83. The van der Waals surface area contributed by atoms with E-state index in [1.807, 2.05) is 13.0 Å². The van der Waals surface area contributed by atoms with E-state index in [0.717, 1.165) is 10.8 Å². The van der Waals surface area contributed by atoms with Gasteiger partial charge in [0.2, 0.25) is 0 Å². The number of hydroxylamine groups is 2. The summed E-state index contributed by atoms with van der Waals surface area (Å²) >= 11 is 0. The Balaban J connectivity index is 2.42. The summed E-state index contributed by atoms with van der Waals surface area (Å²) in [5, 5.41) is 5.30. The third-order valence-corrected chi connectivity index (χ3v) is 2.23. The molecule has 0 atom stereocenters. The standard InChI is InChI=1S/C10H12N4O2/c1-7-6-9-11-8(4-5-14(9)12-7)10(15)13(2)16-3/h4-6H,1-3H3. The van der Waals surface area contributed by atoms with Crippen LogP contribution in [0, 0.1) is 6.92 Å². The van der Waals surface area contributed by atoms with E-state index in [4.69, 9.17) is 4.84 Å². The van der Waals surface area contributed by atoms with Crippen molar-refractivity contribution in [1.82, 2.24) is 19.7 Å². The monoisotopic (exact) mass is 220 g/mol. The van der Waals surface area contributed by atoms with Gasteiger partial charge in [-0.1, -0.05) is 0 Å². The molecular weight excluding hydrogens is 208 g/mol. The van der Waals surface area contributed by atoms with Gasteiger partial charge in [0.05, 0.1) is 12.8 Å². The molecule has 0 bridgehead atoms. The fourth-order valence-corrected chi connectivity index (χ4v) is 1.36. The van der Waals surface area contributed by atoms with Gasteiger partial charge in [0.15, 0.2) is 5.65 Å². The first-order valence-electron chi connectivity index (χ1n) is 4.77. The Morgan fingerprint density at radius 1 is 1.56 bits per heavy atom. The summed E-state index contributed by atoms with van der Waals surface area (Å²) < 4.78 is 1.62. The minimum atomic E-state index is -0.288. The summed E-state index contributed by atoms with van der Waals surface area (Å²) in [6.45, 7) is 1.87. The van der Waals surface area contributed by atoms with Crippen molar-refractivity contribution < 1.29 is 9.63 Å². The maximum atomic E-state index is 11.7. The predicted molar refractivity (Wildman–Crippen MR) is 56.8 cm³/mol. The Bertz CT molecular complexity index is 535. The van der Waals surface area contributed by atoms with Crippen LogP contribution in [0.3, 0.4) is 0 Å². The first-order chi connectivity index (χ1) is 7.61. The van der Waals surface area contributed by atoms with Crippen molar-refractivity contribution >= 4 is 11.6 Å². The van der Waals surface area contributed by atoms with Gasteiger partial charge in [-0.05, 0) is 13.0 Å². The second kappa shape index (κ2) is 3.90. The highest BCUT2D eigenvalue weighted by Crippen LogP contribution is 2.06. The lowest BCUT2D eigenvalue weighted by Crippen LogP contribution is -2.26. The minimum absolute atomic E-state index is 0.288. The molecule has 0 saturated carbocycles. The zero-order valence-electron chi connectivity index (χ0n) is 9.34. The second-order valence-corrected chi connectivity index (χ2v) is 3.39. The molecule has 0 radical (unpaired) electrons. The Labute approximate surface area is 92.4 Å². The molecule has 16 heavy (non-hydrogen) atoms. The zero-order chi connectivity index (χ0) is 11.7. The summed E-state index contributed by atoms with van der Waals surface area (Å²) in [5.74, 6) is -0.288. The average molecular weight is 220 g/mol. The largest absolute Gasteiger partial charge is 0.295 e. The molecule has 0 unspecified atom stereocenters. The summed E-state index contributed by atoms with van der Waals surface area (Å²) in [6.07, 6.45) is 1.70. The van der Waals surface area contributed by atoms with E-state index in [2.05, 4.69) is 10.1 Å². The lowest BCUT2D eigenvalue weighted by molar-refractivity contribution is -0.0760. The zero-order valence-corrected chi connectivity index (χ0v) is 9.34. The van der Waals surface area contributed by atoms with E-state index in [1.54, 1.807) is 16.8 Å². The molecule has 0 fully saturated rings. The lowest BCUT2D eigenvalue weighted by atomic mass is 10.4. The van der Waals surface area contributed by atoms with Crippen LogP contribution in [0.25, 0.3) is 5.65 Å². The van der Waals surface area contributed by atoms with Crippen molar-refractivity contribution in [2.75, 3.05) is 14.2 Å². The number of amides is 1. The Morgan fingerprint density at radius 3 is 3.00 bits per heavy atom. The number of fused-ring (bicyclic) bond motifs is 1. The van der Waals surface area contributed by atoms with Crippen LogP contribution in [0.5, 0.6) is 0 Å². The van der Waals surface area contributed by atoms with Crippen molar-refractivity contribution in [3.63, 3.8) is 0 Å². The van der Waals surface area contributed by atoms with E-state index in [0.29, 0.717) is 11.3 Å². The Hall–Kier alpha value is -1.95. The third kappa shape index (κ3) is 1.74. The summed E-state index contributed by atoms with van der Waals surface area (Å²) in [4.78, 5) is 20.7. The van der Waals surface area contributed by atoms with Crippen LogP contribution in [0.4, 0.5) is 0 Å². The molecular formula is C10H12N4O2. The highest BCUT2D eigenvalue weighted by Gasteiger charge is 2.13. The smallest absolute Gasteiger partial charge is 0.274 e. The molecule has 2 heterocycles. The van der Waals surface area contributed by atoms with E-state index < -0.39 is 0 Å². The van der Waals surface area contributed by atoms with Crippen molar-refractivity contribution in [2.45, 2.75) is 6.92 Å². The number of nitrogens with zero attached hydrogens (tertiary/aromatic N) is 4. The van der Waals surface area contributed by atoms with Gasteiger partial charge in [-0.2, -0.15) is 5.10 Å². The molecule has 84 valence electrons. The van der Waals surface area contributed by atoms with Crippen molar-refractivity contribution in [1.29, 1.82) is 0 Å². The van der Waals surface area contributed by atoms with Crippen LogP contribution < -0.4 is 0 Å². The van der Waals surface area contributed by atoms with Gasteiger partial charge in [0, 0.05) is 19.3 Å². The number of aryl methyl sites for hydroxylation is 1. The Kier molecular flexibility index (Phi) is 2.57. The molecule has 0 aliphatic rings. The summed E-state index contributed by atoms with van der Waals surface area (Å²) in [7, 11) is 2.97. The molecule has 0 aliphatic heterocycles. The molecule has 2 aromatic rings. The van der Waals surface area contributed by atoms with Gasteiger partial charge >= 0.3 is 0 Å². The number of rotatable bonds is 2. The highest BCUT2D eigenvalue weighted by molar-refractivity contribution is 5.91. The molecule has 2 rings (SSSR count).